The van der Waals surface area contributed by atoms with E-state index in [4.69, 9.17) is 35.3 Å². The summed E-state index contributed by atoms with van der Waals surface area (Å²) in [5.41, 5.74) is 0.487. The number of aliphatic hydroxyl groups excluding tert-OH is 2. The Morgan fingerprint density at radius 1 is 1.03 bits per heavy atom. The highest BCUT2D eigenvalue weighted by atomic mass is 35.5. The minimum absolute atomic E-state index is 0.213. The average Bonchev–Trinajstić information content (AvgIpc) is 2.70. The van der Waals surface area contributed by atoms with E-state index < -0.39 is 61.3 Å². The van der Waals surface area contributed by atoms with Gasteiger partial charge in [0.2, 0.25) is 11.9 Å². The molecule has 0 amide bonds. The minimum atomic E-state index is -1.95. The van der Waals surface area contributed by atoms with Crippen molar-refractivity contribution in [1.29, 1.82) is 0 Å². The van der Waals surface area contributed by atoms with Crippen molar-refractivity contribution in [2.24, 2.45) is 0 Å². The Kier molecular flexibility index (Phi) is 8.38. The van der Waals surface area contributed by atoms with Gasteiger partial charge in [0.1, 0.15) is 6.10 Å². The van der Waals surface area contributed by atoms with Crippen LogP contribution in [0.2, 0.25) is 5.02 Å². The van der Waals surface area contributed by atoms with Crippen LogP contribution in [0.4, 0.5) is 0 Å². The summed E-state index contributed by atoms with van der Waals surface area (Å²) < 4.78 is 27.7. The van der Waals surface area contributed by atoms with Gasteiger partial charge in [-0.15, -0.1) is 0 Å². The van der Waals surface area contributed by atoms with E-state index in [-0.39, 0.29) is 11.1 Å². The summed E-state index contributed by atoms with van der Waals surface area (Å²) in [6.45, 7) is 2.23. The first-order chi connectivity index (χ1) is 14.6. The molecule has 0 bridgehead atoms. The SMILES string of the molecule is CO[C@]1(c2ccc(Cl)cc2CO)O[C@H](CO)[C@@H](OC(C)=O)[C@H](OC(C)=O)[C@H]1OC(C)=O. The zero-order chi connectivity index (χ0) is 23.3. The predicted octanol–water partition coefficient (Wildman–Crippen LogP) is 0.818. The second-order valence-electron chi connectivity index (χ2n) is 6.85. The van der Waals surface area contributed by atoms with Crippen LogP contribution in [-0.4, -0.2) is 66.3 Å². The van der Waals surface area contributed by atoms with Crippen molar-refractivity contribution in [3.8, 4) is 0 Å². The van der Waals surface area contributed by atoms with Gasteiger partial charge < -0.3 is 33.9 Å². The molecule has 1 fully saturated rings. The molecule has 0 aliphatic carbocycles. The van der Waals surface area contributed by atoms with E-state index in [1.165, 1.54) is 25.3 Å². The van der Waals surface area contributed by atoms with Gasteiger partial charge in [0.05, 0.1) is 13.2 Å². The third-order valence-corrected chi connectivity index (χ3v) is 4.92. The smallest absolute Gasteiger partial charge is 0.303 e. The van der Waals surface area contributed by atoms with E-state index in [1.807, 2.05) is 0 Å². The molecule has 1 aliphatic heterocycles. The number of esters is 3. The predicted molar refractivity (Wildman–Crippen MR) is 105 cm³/mol. The van der Waals surface area contributed by atoms with Gasteiger partial charge in [-0.3, -0.25) is 14.4 Å². The Morgan fingerprint density at radius 3 is 2.10 bits per heavy atom. The lowest BCUT2D eigenvalue weighted by atomic mass is 9.85. The monoisotopic (exact) mass is 460 g/mol. The summed E-state index contributed by atoms with van der Waals surface area (Å²) in [6.07, 6.45) is -5.43. The van der Waals surface area contributed by atoms with Crippen molar-refractivity contribution in [3.63, 3.8) is 0 Å². The Labute approximate surface area is 183 Å². The number of hydrogen-bond acceptors (Lipinski definition) is 10. The Hall–Kier alpha value is -2.24. The number of rotatable bonds is 7. The molecule has 1 saturated heterocycles. The van der Waals surface area contributed by atoms with Crippen LogP contribution in [-0.2, 0) is 50.5 Å². The van der Waals surface area contributed by atoms with Gasteiger partial charge in [-0.2, -0.15) is 0 Å². The highest BCUT2D eigenvalue weighted by Gasteiger charge is 2.61. The Balaban J connectivity index is 2.76. The van der Waals surface area contributed by atoms with Crippen LogP contribution in [0.3, 0.4) is 0 Å². The van der Waals surface area contributed by atoms with Crippen molar-refractivity contribution < 1.29 is 48.3 Å². The van der Waals surface area contributed by atoms with E-state index in [0.717, 1.165) is 20.8 Å². The van der Waals surface area contributed by atoms with Crippen LogP contribution < -0.4 is 0 Å². The fourth-order valence-electron chi connectivity index (χ4n) is 3.60. The molecule has 0 saturated carbocycles. The summed E-state index contributed by atoms with van der Waals surface area (Å²) in [5, 5.41) is 20.1. The average molecular weight is 461 g/mol. The van der Waals surface area contributed by atoms with Crippen molar-refractivity contribution in [2.45, 2.75) is 57.6 Å². The molecule has 0 radical (unpaired) electrons. The molecule has 0 spiro atoms. The van der Waals surface area contributed by atoms with Gasteiger partial charge in [-0.25, -0.2) is 0 Å². The normalized spacial score (nSPS) is 28.0. The fraction of sp³-hybridized carbons (Fsp3) is 0.550. The number of benzene rings is 1. The molecule has 2 N–H and O–H groups in total. The van der Waals surface area contributed by atoms with Crippen LogP contribution >= 0.6 is 11.6 Å². The molecule has 1 aromatic rings. The Bertz CT molecular complexity index is 828. The molecule has 2 rings (SSSR count). The fourth-order valence-corrected chi connectivity index (χ4v) is 3.80. The summed E-state index contributed by atoms with van der Waals surface area (Å²) in [6, 6.07) is 4.44. The second kappa shape index (κ2) is 10.4. The molecular formula is C20H25ClO10. The molecule has 1 heterocycles. The minimum Gasteiger partial charge on any atom is -0.456 e. The lowest BCUT2D eigenvalue weighted by molar-refractivity contribution is -0.368. The van der Waals surface area contributed by atoms with Gasteiger partial charge in [0, 0.05) is 38.5 Å². The van der Waals surface area contributed by atoms with E-state index >= 15 is 0 Å². The number of aliphatic hydroxyl groups is 2. The third kappa shape index (κ3) is 5.34. The second-order valence-corrected chi connectivity index (χ2v) is 7.28. The van der Waals surface area contributed by atoms with Gasteiger partial charge in [-0.05, 0) is 17.7 Å². The summed E-state index contributed by atoms with van der Waals surface area (Å²) >= 11 is 6.03. The number of halogens is 1. The highest BCUT2D eigenvalue weighted by Crippen LogP contribution is 2.44. The van der Waals surface area contributed by atoms with E-state index in [1.54, 1.807) is 0 Å². The molecule has 1 aliphatic rings. The van der Waals surface area contributed by atoms with Crippen molar-refractivity contribution in [1.82, 2.24) is 0 Å². The zero-order valence-corrected chi connectivity index (χ0v) is 18.2. The van der Waals surface area contributed by atoms with E-state index in [9.17, 15) is 24.6 Å². The molecule has 11 heteroatoms. The van der Waals surface area contributed by atoms with Gasteiger partial charge >= 0.3 is 17.9 Å². The van der Waals surface area contributed by atoms with Crippen molar-refractivity contribution in [2.75, 3.05) is 13.7 Å². The first kappa shape index (κ1) is 25.0. The van der Waals surface area contributed by atoms with Gasteiger partial charge in [0.25, 0.3) is 0 Å². The van der Waals surface area contributed by atoms with Gasteiger partial charge in [-0.1, -0.05) is 17.7 Å². The van der Waals surface area contributed by atoms with Crippen molar-refractivity contribution in [3.05, 3.63) is 34.3 Å². The Morgan fingerprint density at radius 2 is 1.61 bits per heavy atom. The van der Waals surface area contributed by atoms with E-state index in [0.29, 0.717) is 5.02 Å². The highest BCUT2D eigenvalue weighted by molar-refractivity contribution is 6.30. The number of ether oxygens (including phenoxy) is 5. The third-order valence-electron chi connectivity index (χ3n) is 4.68. The first-order valence-corrected chi connectivity index (χ1v) is 9.72. The molecule has 0 aromatic heterocycles. The number of hydrogen-bond donors (Lipinski definition) is 2. The zero-order valence-electron chi connectivity index (χ0n) is 17.5. The van der Waals surface area contributed by atoms with E-state index in [2.05, 4.69) is 0 Å². The summed E-state index contributed by atoms with van der Waals surface area (Å²) in [7, 11) is 1.25. The van der Waals surface area contributed by atoms with Crippen LogP contribution in [0.15, 0.2) is 18.2 Å². The lowest BCUT2D eigenvalue weighted by Crippen LogP contribution is -2.67. The molecule has 5 atom stereocenters. The maximum Gasteiger partial charge on any atom is 0.303 e. The standard InChI is InChI=1S/C20H25ClO10/c1-10(24)28-17-16(9-23)31-20(27-4,15-6-5-14(21)7-13(15)8-22)19(30-12(3)26)18(17)29-11(2)25/h5-7,16-19,22-23H,8-9H2,1-4H3/t16-,17-,18+,19-,20-/m1/s1. The first-order valence-electron chi connectivity index (χ1n) is 9.34. The van der Waals surface area contributed by atoms with Crippen LogP contribution in [0, 0.1) is 0 Å². The lowest BCUT2D eigenvalue weighted by Gasteiger charge is -2.50. The molecule has 10 nitrogen and oxygen atoms in total. The van der Waals surface area contributed by atoms with Crippen LogP contribution in [0.1, 0.15) is 31.9 Å². The molecular weight excluding hydrogens is 436 g/mol. The molecule has 31 heavy (non-hydrogen) atoms. The van der Waals surface area contributed by atoms with Gasteiger partial charge in [0.15, 0.2) is 12.2 Å². The summed E-state index contributed by atoms with van der Waals surface area (Å²) in [5.74, 6) is -4.21. The largest absolute Gasteiger partial charge is 0.456 e. The van der Waals surface area contributed by atoms with Crippen molar-refractivity contribution >= 4 is 29.5 Å². The summed E-state index contributed by atoms with van der Waals surface area (Å²) in [4.78, 5) is 35.5. The maximum atomic E-state index is 12.0. The quantitative estimate of drug-likeness (QED) is 0.444. The topological polar surface area (TPSA) is 138 Å². The number of methoxy groups -OCH3 is 1. The van der Waals surface area contributed by atoms with Crippen LogP contribution in [0.5, 0.6) is 0 Å². The molecule has 0 unspecified atom stereocenters. The number of carbonyl (C=O) groups excluding carboxylic acids is 3. The molecule has 172 valence electrons. The molecule has 1 aromatic carbocycles. The number of carbonyl (C=O) groups is 3. The van der Waals surface area contributed by atoms with Crippen LogP contribution in [0.25, 0.3) is 0 Å². The maximum absolute atomic E-state index is 12.0.